The highest BCUT2D eigenvalue weighted by atomic mass is 16.3. The van der Waals surface area contributed by atoms with Crippen LogP contribution in [0.5, 0.6) is 0 Å². The maximum absolute atomic E-state index is 9.47. The number of hydrogen-bond acceptors (Lipinski definition) is 4. The molecule has 0 spiro atoms. The van der Waals surface area contributed by atoms with E-state index >= 15 is 0 Å². The van der Waals surface area contributed by atoms with Crippen molar-refractivity contribution in [2.75, 3.05) is 18.1 Å². The summed E-state index contributed by atoms with van der Waals surface area (Å²) in [5.74, 6) is 0.989. The number of nitrogens with one attached hydrogen (secondary N) is 1. The molecule has 1 aromatic rings. The molecule has 4 heteroatoms. The van der Waals surface area contributed by atoms with Crippen LogP contribution in [0.25, 0.3) is 0 Å². The predicted molar refractivity (Wildman–Crippen MR) is 82.9 cm³/mol. The highest BCUT2D eigenvalue weighted by Crippen LogP contribution is 2.23. The van der Waals surface area contributed by atoms with Crippen molar-refractivity contribution >= 4 is 5.82 Å². The zero-order valence-corrected chi connectivity index (χ0v) is 12.9. The minimum Gasteiger partial charge on any atom is -0.394 e. The van der Waals surface area contributed by atoms with E-state index in [1.807, 2.05) is 6.20 Å². The molecule has 0 radical (unpaired) electrons. The molecule has 2 rings (SSSR count). The molecule has 20 heavy (non-hydrogen) atoms. The fourth-order valence-electron chi connectivity index (χ4n) is 2.55. The summed E-state index contributed by atoms with van der Waals surface area (Å²) in [6.07, 6.45) is 5.39. The third-order valence-corrected chi connectivity index (χ3v) is 3.76. The average Bonchev–Trinajstić information content (AvgIpc) is 2.45. The first kappa shape index (κ1) is 15.3. The van der Waals surface area contributed by atoms with Gasteiger partial charge in [0.1, 0.15) is 5.82 Å². The molecular weight excluding hydrogens is 250 g/mol. The van der Waals surface area contributed by atoms with Crippen molar-refractivity contribution in [3.05, 3.63) is 23.9 Å². The van der Waals surface area contributed by atoms with E-state index in [0.717, 1.165) is 25.3 Å². The largest absolute Gasteiger partial charge is 0.394 e. The minimum atomic E-state index is 0.119. The van der Waals surface area contributed by atoms with Gasteiger partial charge in [-0.15, -0.1) is 0 Å². The van der Waals surface area contributed by atoms with E-state index < -0.39 is 0 Å². The molecule has 0 saturated carbocycles. The highest BCUT2D eigenvalue weighted by molar-refractivity contribution is 5.41. The molecular formula is C16H27N3O. The summed E-state index contributed by atoms with van der Waals surface area (Å²) in [7, 11) is 0. The fraction of sp³-hybridized carbons (Fsp3) is 0.688. The molecule has 112 valence electrons. The second-order valence-electron chi connectivity index (χ2n) is 6.65. The van der Waals surface area contributed by atoms with Gasteiger partial charge in [-0.3, -0.25) is 0 Å². The SMILES string of the molecule is CC(C)(C)NCc1ccc(N2CCCCC2CO)nc1. The number of aliphatic hydroxyl groups is 1. The van der Waals surface area contributed by atoms with Crippen LogP contribution in [-0.4, -0.2) is 34.8 Å². The Balaban J connectivity index is 2.00. The first-order valence-corrected chi connectivity index (χ1v) is 7.57. The summed E-state index contributed by atoms with van der Waals surface area (Å²) in [6, 6.07) is 4.44. The van der Waals surface area contributed by atoms with Crippen molar-refractivity contribution in [1.29, 1.82) is 0 Å². The molecule has 2 N–H and O–H groups in total. The first-order valence-electron chi connectivity index (χ1n) is 7.57. The van der Waals surface area contributed by atoms with Crippen molar-refractivity contribution in [1.82, 2.24) is 10.3 Å². The van der Waals surface area contributed by atoms with Crippen LogP contribution < -0.4 is 10.2 Å². The molecule has 1 saturated heterocycles. The van der Waals surface area contributed by atoms with E-state index in [2.05, 4.69) is 48.1 Å². The maximum Gasteiger partial charge on any atom is 0.128 e. The van der Waals surface area contributed by atoms with E-state index in [0.29, 0.717) is 0 Å². The van der Waals surface area contributed by atoms with Crippen LogP contribution >= 0.6 is 0 Å². The smallest absolute Gasteiger partial charge is 0.128 e. The Bertz CT molecular complexity index is 411. The predicted octanol–water partition coefficient (Wildman–Crippen LogP) is 2.32. The number of nitrogens with zero attached hydrogens (tertiary/aromatic N) is 2. The topological polar surface area (TPSA) is 48.4 Å². The van der Waals surface area contributed by atoms with Crippen LogP contribution in [-0.2, 0) is 6.54 Å². The monoisotopic (exact) mass is 277 g/mol. The van der Waals surface area contributed by atoms with E-state index in [1.54, 1.807) is 0 Å². The summed E-state index contributed by atoms with van der Waals surface area (Å²) in [5, 5.41) is 12.9. The van der Waals surface area contributed by atoms with Crippen LogP contribution in [0.1, 0.15) is 45.6 Å². The maximum atomic E-state index is 9.47. The van der Waals surface area contributed by atoms with Crippen molar-refractivity contribution in [3.8, 4) is 0 Å². The van der Waals surface area contributed by atoms with Gasteiger partial charge in [0, 0.05) is 24.8 Å². The van der Waals surface area contributed by atoms with Gasteiger partial charge in [-0.1, -0.05) is 6.07 Å². The van der Waals surface area contributed by atoms with Crippen molar-refractivity contribution in [2.45, 2.75) is 58.2 Å². The van der Waals surface area contributed by atoms with Crippen LogP contribution in [0.15, 0.2) is 18.3 Å². The van der Waals surface area contributed by atoms with Gasteiger partial charge in [-0.25, -0.2) is 4.98 Å². The third-order valence-electron chi connectivity index (χ3n) is 3.76. The van der Waals surface area contributed by atoms with Gasteiger partial charge in [0.2, 0.25) is 0 Å². The van der Waals surface area contributed by atoms with Gasteiger partial charge < -0.3 is 15.3 Å². The molecule has 4 nitrogen and oxygen atoms in total. The number of pyridine rings is 1. The van der Waals surface area contributed by atoms with E-state index in [-0.39, 0.29) is 18.2 Å². The molecule has 1 atom stereocenters. The zero-order chi connectivity index (χ0) is 14.6. The second kappa shape index (κ2) is 6.55. The lowest BCUT2D eigenvalue weighted by Gasteiger charge is -2.35. The van der Waals surface area contributed by atoms with Crippen LogP contribution in [0.3, 0.4) is 0 Å². The number of aliphatic hydroxyl groups excluding tert-OH is 1. The number of aromatic nitrogens is 1. The Kier molecular flexibility index (Phi) is 5.00. The number of rotatable bonds is 4. The molecule has 0 bridgehead atoms. The summed E-state index contributed by atoms with van der Waals surface area (Å²) >= 11 is 0. The molecule has 0 amide bonds. The van der Waals surface area contributed by atoms with Crippen molar-refractivity contribution in [3.63, 3.8) is 0 Å². The van der Waals surface area contributed by atoms with Gasteiger partial charge >= 0.3 is 0 Å². The average molecular weight is 277 g/mol. The minimum absolute atomic E-state index is 0.119. The Morgan fingerprint density at radius 2 is 2.15 bits per heavy atom. The quantitative estimate of drug-likeness (QED) is 0.887. The van der Waals surface area contributed by atoms with Gasteiger partial charge in [0.05, 0.1) is 12.6 Å². The summed E-state index contributed by atoms with van der Waals surface area (Å²) in [4.78, 5) is 6.82. The molecule has 1 fully saturated rings. The Hall–Kier alpha value is -1.13. The first-order chi connectivity index (χ1) is 9.49. The van der Waals surface area contributed by atoms with Crippen molar-refractivity contribution < 1.29 is 5.11 Å². The van der Waals surface area contributed by atoms with Gasteiger partial charge in [0.25, 0.3) is 0 Å². The van der Waals surface area contributed by atoms with E-state index in [9.17, 15) is 5.11 Å². The number of piperidine rings is 1. The molecule has 2 heterocycles. The van der Waals surface area contributed by atoms with Gasteiger partial charge in [-0.2, -0.15) is 0 Å². The molecule has 1 aliphatic heterocycles. The third kappa shape index (κ3) is 4.18. The summed E-state index contributed by atoms with van der Waals surface area (Å²) in [6.45, 7) is 8.53. The highest BCUT2D eigenvalue weighted by Gasteiger charge is 2.22. The van der Waals surface area contributed by atoms with Crippen LogP contribution in [0.4, 0.5) is 5.82 Å². The lowest BCUT2D eigenvalue weighted by atomic mass is 10.0. The molecule has 0 aliphatic carbocycles. The number of anilines is 1. The normalized spacial score (nSPS) is 20.2. The Morgan fingerprint density at radius 1 is 1.35 bits per heavy atom. The van der Waals surface area contributed by atoms with Crippen LogP contribution in [0.2, 0.25) is 0 Å². The second-order valence-corrected chi connectivity index (χ2v) is 6.65. The van der Waals surface area contributed by atoms with Crippen LogP contribution in [0, 0.1) is 0 Å². The lowest BCUT2D eigenvalue weighted by molar-refractivity contribution is 0.239. The standard InChI is InChI=1S/C16H27N3O/c1-16(2,3)18-11-13-7-8-15(17-10-13)19-9-5-4-6-14(19)12-20/h7-8,10,14,18,20H,4-6,9,11-12H2,1-3H3. The summed E-state index contributed by atoms with van der Waals surface area (Å²) in [5.41, 5.74) is 1.31. The van der Waals surface area contributed by atoms with Crippen molar-refractivity contribution in [2.24, 2.45) is 0 Å². The van der Waals surface area contributed by atoms with Gasteiger partial charge in [0.15, 0.2) is 0 Å². The molecule has 1 unspecified atom stereocenters. The van der Waals surface area contributed by atoms with E-state index in [4.69, 9.17) is 0 Å². The Morgan fingerprint density at radius 3 is 2.75 bits per heavy atom. The fourth-order valence-corrected chi connectivity index (χ4v) is 2.55. The molecule has 1 aromatic heterocycles. The lowest BCUT2D eigenvalue weighted by Crippen LogP contribution is -2.42. The van der Waals surface area contributed by atoms with E-state index in [1.165, 1.54) is 18.4 Å². The molecule has 1 aliphatic rings. The van der Waals surface area contributed by atoms with Gasteiger partial charge in [-0.05, 0) is 51.7 Å². The number of hydrogen-bond donors (Lipinski definition) is 2. The Labute approximate surface area is 122 Å². The zero-order valence-electron chi connectivity index (χ0n) is 12.9. The summed E-state index contributed by atoms with van der Waals surface area (Å²) < 4.78 is 0. The molecule has 0 aromatic carbocycles.